The number of aliphatic hydroxyl groups is 1. The van der Waals surface area contributed by atoms with Crippen LogP contribution in [0.4, 0.5) is 0 Å². The quantitative estimate of drug-likeness (QED) is 0.358. The van der Waals surface area contributed by atoms with Crippen molar-refractivity contribution in [1.82, 2.24) is 4.90 Å². The number of methoxy groups -OCH3 is 1. The third-order valence-electron chi connectivity index (χ3n) is 5.21. The monoisotopic (exact) mass is 387 g/mol. The zero-order valence-electron chi connectivity index (χ0n) is 16.9. The van der Waals surface area contributed by atoms with E-state index in [0.717, 1.165) is 50.6 Å². The minimum atomic E-state index is -0.542. The van der Waals surface area contributed by atoms with Gasteiger partial charge in [0.05, 0.1) is 19.3 Å². The van der Waals surface area contributed by atoms with Crippen LogP contribution in [0.25, 0.3) is 0 Å². The van der Waals surface area contributed by atoms with E-state index < -0.39 is 6.10 Å². The molecule has 1 amide bonds. The van der Waals surface area contributed by atoms with E-state index in [1.807, 2.05) is 47.4 Å². The summed E-state index contributed by atoms with van der Waals surface area (Å²) in [5.41, 5.74) is 1.10. The molecule has 28 heavy (non-hydrogen) atoms. The highest BCUT2D eigenvalue weighted by molar-refractivity contribution is 5.77. The van der Waals surface area contributed by atoms with Gasteiger partial charge in [0.1, 0.15) is 0 Å². The van der Waals surface area contributed by atoms with E-state index in [0.29, 0.717) is 19.3 Å². The number of hydrogen-bond donors (Lipinski definition) is 1. The smallest absolute Gasteiger partial charge is 0.305 e. The van der Waals surface area contributed by atoms with Gasteiger partial charge in [-0.3, -0.25) is 9.59 Å². The van der Waals surface area contributed by atoms with Crippen LogP contribution in [0.3, 0.4) is 0 Å². The molecular weight excluding hydrogens is 354 g/mol. The number of aliphatic hydroxyl groups excluding tert-OH is 1. The molecule has 1 aromatic carbocycles. The Morgan fingerprint density at radius 1 is 1.25 bits per heavy atom. The fourth-order valence-corrected chi connectivity index (χ4v) is 3.62. The fraction of sp³-hybridized carbons (Fsp3) is 0.565. The normalized spacial score (nSPS) is 18.4. The average Bonchev–Trinajstić information content (AvgIpc) is 2.70. The minimum Gasteiger partial charge on any atom is -0.469 e. The van der Waals surface area contributed by atoms with Crippen LogP contribution in [0.5, 0.6) is 0 Å². The third-order valence-corrected chi connectivity index (χ3v) is 5.21. The van der Waals surface area contributed by atoms with Crippen molar-refractivity contribution in [3.05, 3.63) is 48.0 Å². The van der Waals surface area contributed by atoms with E-state index in [4.69, 9.17) is 0 Å². The molecule has 1 aliphatic rings. The van der Waals surface area contributed by atoms with E-state index in [2.05, 4.69) is 4.74 Å². The summed E-state index contributed by atoms with van der Waals surface area (Å²) in [7, 11) is 1.41. The summed E-state index contributed by atoms with van der Waals surface area (Å²) in [6, 6.07) is 9.99. The van der Waals surface area contributed by atoms with E-state index in [1.165, 1.54) is 7.11 Å². The number of unbranched alkanes of at least 4 members (excludes halogenated alkanes) is 3. The lowest BCUT2D eigenvalue weighted by molar-refractivity contribution is -0.140. The van der Waals surface area contributed by atoms with Gasteiger partial charge in [0, 0.05) is 25.8 Å². The van der Waals surface area contributed by atoms with E-state index in [1.54, 1.807) is 0 Å². The van der Waals surface area contributed by atoms with Crippen LogP contribution in [0.1, 0.15) is 56.9 Å². The number of piperidine rings is 1. The predicted octanol–water partition coefficient (Wildman–Crippen LogP) is 3.65. The molecular formula is C23H33NO4. The average molecular weight is 388 g/mol. The van der Waals surface area contributed by atoms with Crippen molar-refractivity contribution in [2.24, 2.45) is 0 Å². The Hall–Kier alpha value is -2.14. The van der Waals surface area contributed by atoms with Gasteiger partial charge in [-0.25, -0.2) is 0 Å². The maximum Gasteiger partial charge on any atom is 0.305 e. The largest absolute Gasteiger partial charge is 0.469 e. The molecule has 1 aliphatic heterocycles. The van der Waals surface area contributed by atoms with Gasteiger partial charge >= 0.3 is 5.97 Å². The van der Waals surface area contributed by atoms with Crippen molar-refractivity contribution in [2.45, 2.75) is 69.9 Å². The lowest BCUT2D eigenvalue weighted by Crippen LogP contribution is -2.43. The Morgan fingerprint density at radius 2 is 2.00 bits per heavy atom. The Labute approximate surface area is 168 Å². The SMILES string of the molecule is COC(=O)CCCCCCN1C(=O)CCC[C@@H]1/C=C/C(O)Cc1ccccc1. The van der Waals surface area contributed by atoms with E-state index >= 15 is 0 Å². The first-order chi connectivity index (χ1) is 13.6. The zero-order chi connectivity index (χ0) is 20.2. The minimum absolute atomic E-state index is 0.0711. The molecule has 0 radical (unpaired) electrons. The number of likely N-dealkylation sites (tertiary alicyclic amines) is 1. The van der Waals surface area contributed by atoms with Crippen LogP contribution in [0.15, 0.2) is 42.5 Å². The summed E-state index contributed by atoms with van der Waals surface area (Å²) in [4.78, 5) is 25.4. The second-order valence-electron chi connectivity index (χ2n) is 7.43. The van der Waals surface area contributed by atoms with Crippen LogP contribution in [0.2, 0.25) is 0 Å². The Bertz CT molecular complexity index is 629. The first-order valence-corrected chi connectivity index (χ1v) is 10.4. The number of carbonyl (C=O) groups is 2. The van der Waals surface area contributed by atoms with Crippen LogP contribution < -0.4 is 0 Å². The number of esters is 1. The number of amides is 1. The maximum absolute atomic E-state index is 12.4. The molecule has 1 fully saturated rings. The first kappa shape index (κ1) is 22.2. The highest BCUT2D eigenvalue weighted by Gasteiger charge is 2.25. The third kappa shape index (κ3) is 7.85. The molecule has 5 heteroatoms. The van der Waals surface area contributed by atoms with Crippen molar-refractivity contribution in [3.8, 4) is 0 Å². The number of ether oxygens (including phenoxy) is 1. The molecule has 2 atom stereocenters. The molecule has 1 unspecified atom stereocenters. The number of benzene rings is 1. The predicted molar refractivity (Wildman–Crippen MR) is 110 cm³/mol. The number of nitrogens with zero attached hydrogens (tertiary/aromatic N) is 1. The van der Waals surface area contributed by atoms with Crippen LogP contribution >= 0.6 is 0 Å². The summed E-state index contributed by atoms with van der Waals surface area (Å²) in [6.07, 6.45) is 10.5. The molecule has 2 rings (SSSR count). The standard InChI is InChI=1S/C23H33NO4/c1-28-23(27)14-7-2-3-8-17-24-20(12-9-13-22(24)26)15-16-21(25)18-19-10-5-4-6-11-19/h4-6,10-11,15-16,20-21,25H,2-3,7-9,12-14,17-18H2,1H3/b16-15+/t20-,21?/m1/s1. The van der Waals surface area contributed by atoms with Gasteiger partial charge < -0.3 is 14.7 Å². The molecule has 154 valence electrons. The fourth-order valence-electron chi connectivity index (χ4n) is 3.62. The van der Waals surface area contributed by atoms with Crippen LogP contribution in [0, 0.1) is 0 Å². The molecule has 0 bridgehead atoms. The number of hydrogen-bond acceptors (Lipinski definition) is 4. The molecule has 0 saturated carbocycles. The highest BCUT2D eigenvalue weighted by atomic mass is 16.5. The molecule has 1 heterocycles. The molecule has 0 aromatic heterocycles. The van der Waals surface area contributed by atoms with Crippen LogP contribution in [-0.2, 0) is 20.7 Å². The Balaban J connectivity index is 1.77. The van der Waals surface area contributed by atoms with E-state index in [-0.39, 0.29) is 17.9 Å². The van der Waals surface area contributed by atoms with Crippen molar-refractivity contribution < 1.29 is 19.4 Å². The topological polar surface area (TPSA) is 66.8 Å². The Kier molecular flexibility index (Phi) is 9.77. The number of carbonyl (C=O) groups excluding carboxylic acids is 2. The summed E-state index contributed by atoms with van der Waals surface area (Å²) < 4.78 is 4.64. The van der Waals surface area contributed by atoms with Gasteiger partial charge in [-0.2, -0.15) is 0 Å². The number of rotatable bonds is 11. The van der Waals surface area contributed by atoms with Crippen molar-refractivity contribution in [3.63, 3.8) is 0 Å². The summed E-state index contributed by atoms with van der Waals surface area (Å²) in [5.74, 6) is 0.0403. The Morgan fingerprint density at radius 3 is 2.75 bits per heavy atom. The highest BCUT2D eigenvalue weighted by Crippen LogP contribution is 2.21. The van der Waals surface area contributed by atoms with Crippen molar-refractivity contribution in [1.29, 1.82) is 0 Å². The lowest BCUT2D eigenvalue weighted by Gasteiger charge is -2.34. The van der Waals surface area contributed by atoms with Gasteiger partial charge in [0.15, 0.2) is 0 Å². The molecule has 0 spiro atoms. The summed E-state index contributed by atoms with van der Waals surface area (Å²) in [6.45, 7) is 0.737. The summed E-state index contributed by atoms with van der Waals surface area (Å²) >= 11 is 0. The second kappa shape index (κ2) is 12.3. The zero-order valence-corrected chi connectivity index (χ0v) is 16.9. The molecule has 0 aliphatic carbocycles. The van der Waals surface area contributed by atoms with Gasteiger partial charge in [0.25, 0.3) is 0 Å². The molecule has 1 N–H and O–H groups in total. The van der Waals surface area contributed by atoms with Gasteiger partial charge in [-0.1, -0.05) is 55.3 Å². The second-order valence-corrected chi connectivity index (χ2v) is 7.43. The van der Waals surface area contributed by atoms with Gasteiger partial charge in [0.2, 0.25) is 5.91 Å². The van der Waals surface area contributed by atoms with Gasteiger partial charge in [-0.15, -0.1) is 0 Å². The van der Waals surface area contributed by atoms with Crippen molar-refractivity contribution in [2.75, 3.05) is 13.7 Å². The summed E-state index contributed by atoms with van der Waals surface area (Å²) in [5, 5.41) is 10.3. The lowest BCUT2D eigenvalue weighted by atomic mass is 9.99. The van der Waals surface area contributed by atoms with Gasteiger partial charge in [-0.05, 0) is 31.2 Å². The molecule has 5 nitrogen and oxygen atoms in total. The van der Waals surface area contributed by atoms with Crippen molar-refractivity contribution >= 4 is 11.9 Å². The molecule has 1 aromatic rings. The first-order valence-electron chi connectivity index (χ1n) is 10.4. The van der Waals surface area contributed by atoms with E-state index in [9.17, 15) is 14.7 Å². The maximum atomic E-state index is 12.4. The molecule has 1 saturated heterocycles. The van der Waals surface area contributed by atoms with Crippen LogP contribution in [-0.4, -0.2) is 47.7 Å².